The van der Waals surface area contributed by atoms with E-state index in [1.807, 2.05) is 6.92 Å². The van der Waals surface area contributed by atoms with E-state index >= 15 is 0 Å². The number of esters is 1. The van der Waals surface area contributed by atoms with Gasteiger partial charge in [-0.2, -0.15) is 0 Å². The average Bonchev–Trinajstić information content (AvgIpc) is 2.36. The maximum absolute atomic E-state index is 11.6. The number of ether oxygens (including phenoxy) is 2. The summed E-state index contributed by atoms with van der Waals surface area (Å²) in [5, 5.41) is 0. The maximum Gasteiger partial charge on any atom is 0.341 e. The molecule has 5 heteroatoms. The van der Waals surface area contributed by atoms with Crippen molar-refractivity contribution in [3.8, 4) is 0 Å². The molecule has 1 aromatic rings. The molecule has 0 saturated carbocycles. The molecule has 0 aliphatic carbocycles. The summed E-state index contributed by atoms with van der Waals surface area (Å²) in [6.07, 6.45) is 2.86. The van der Waals surface area contributed by atoms with E-state index < -0.39 is 0 Å². The van der Waals surface area contributed by atoms with E-state index in [4.69, 9.17) is 9.47 Å². The van der Waals surface area contributed by atoms with Gasteiger partial charge in [-0.05, 0) is 13.3 Å². The third kappa shape index (κ3) is 3.78. The Morgan fingerprint density at radius 3 is 2.76 bits per heavy atom. The van der Waals surface area contributed by atoms with Gasteiger partial charge in [-0.3, -0.25) is 0 Å². The Morgan fingerprint density at radius 2 is 2.18 bits per heavy atom. The zero-order valence-corrected chi connectivity index (χ0v) is 10.5. The van der Waals surface area contributed by atoms with Crippen molar-refractivity contribution in [1.82, 2.24) is 9.97 Å². The Morgan fingerprint density at radius 1 is 1.41 bits per heavy atom. The van der Waals surface area contributed by atoms with Gasteiger partial charge >= 0.3 is 5.97 Å². The van der Waals surface area contributed by atoms with Gasteiger partial charge in [0.15, 0.2) is 0 Å². The van der Waals surface area contributed by atoms with Gasteiger partial charge in [0, 0.05) is 19.7 Å². The predicted octanol–water partition coefficient (Wildman–Crippen LogP) is 1.40. The molecule has 1 aromatic heterocycles. The molecular weight excluding hydrogens is 220 g/mol. The molecule has 0 saturated heterocycles. The number of carbonyl (C=O) groups excluding carboxylic acids is 1. The molecule has 0 aliphatic rings. The fourth-order valence-electron chi connectivity index (χ4n) is 1.42. The van der Waals surface area contributed by atoms with E-state index in [1.54, 1.807) is 14.0 Å². The SMILES string of the molecule is CCOC(=O)c1cnc(CCOC)nc1CC. The van der Waals surface area contributed by atoms with Crippen LogP contribution in [-0.2, 0) is 22.3 Å². The van der Waals surface area contributed by atoms with Crippen LogP contribution in [0.4, 0.5) is 0 Å². The summed E-state index contributed by atoms with van der Waals surface area (Å²) in [7, 11) is 1.63. The largest absolute Gasteiger partial charge is 0.462 e. The first-order chi connectivity index (χ1) is 8.22. The van der Waals surface area contributed by atoms with Crippen LogP contribution >= 0.6 is 0 Å². The van der Waals surface area contributed by atoms with Crippen LogP contribution < -0.4 is 0 Å². The van der Waals surface area contributed by atoms with Gasteiger partial charge in [-0.1, -0.05) is 6.92 Å². The Bertz CT molecular complexity index is 380. The van der Waals surface area contributed by atoms with Crippen molar-refractivity contribution in [2.45, 2.75) is 26.7 Å². The van der Waals surface area contributed by atoms with Gasteiger partial charge in [0.2, 0.25) is 0 Å². The molecule has 0 atom stereocenters. The van der Waals surface area contributed by atoms with Crippen molar-refractivity contribution in [1.29, 1.82) is 0 Å². The zero-order chi connectivity index (χ0) is 12.7. The van der Waals surface area contributed by atoms with Crippen LogP contribution in [-0.4, -0.2) is 36.3 Å². The lowest BCUT2D eigenvalue weighted by Gasteiger charge is -2.07. The third-order valence-corrected chi connectivity index (χ3v) is 2.28. The van der Waals surface area contributed by atoms with Crippen LogP contribution in [0, 0.1) is 0 Å². The molecule has 0 N–H and O–H groups in total. The Balaban J connectivity index is 2.88. The van der Waals surface area contributed by atoms with Gasteiger partial charge in [0.25, 0.3) is 0 Å². The van der Waals surface area contributed by atoms with Crippen molar-refractivity contribution in [3.63, 3.8) is 0 Å². The molecule has 0 radical (unpaired) electrons. The highest BCUT2D eigenvalue weighted by molar-refractivity contribution is 5.90. The summed E-state index contributed by atoms with van der Waals surface area (Å²) in [5.41, 5.74) is 1.18. The lowest BCUT2D eigenvalue weighted by Crippen LogP contribution is -2.12. The molecule has 94 valence electrons. The van der Waals surface area contributed by atoms with E-state index in [0.717, 1.165) is 5.69 Å². The van der Waals surface area contributed by atoms with Crippen LogP contribution in [0.5, 0.6) is 0 Å². The summed E-state index contributed by atoms with van der Waals surface area (Å²) in [6.45, 7) is 4.65. The molecule has 1 heterocycles. The number of hydrogen-bond acceptors (Lipinski definition) is 5. The second-order valence-electron chi connectivity index (χ2n) is 3.46. The standard InChI is InChI=1S/C12H18N2O3/c1-4-10-9(12(15)17-5-2)8-13-11(14-10)6-7-16-3/h8H,4-7H2,1-3H3. The molecule has 1 rings (SSSR count). The molecule has 0 amide bonds. The highest BCUT2D eigenvalue weighted by Crippen LogP contribution is 2.08. The highest BCUT2D eigenvalue weighted by atomic mass is 16.5. The average molecular weight is 238 g/mol. The smallest absolute Gasteiger partial charge is 0.341 e. The molecule has 17 heavy (non-hydrogen) atoms. The monoisotopic (exact) mass is 238 g/mol. The van der Waals surface area contributed by atoms with Crippen molar-refractivity contribution in [3.05, 3.63) is 23.3 Å². The van der Waals surface area contributed by atoms with Crippen LogP contribution in [0.15, 0.2) is 6.20 Å². The van der Waals surface area contributed by atoms with Gasteiger partial charge in [-0.15, -0.1) is 0 Å². The highest BCUT2D eigenvalue weighted by Gasteiger charge is 2.14. The Labute approximate surface area is 101 Å². The molecule has 0 spiro atoms. The van der Waals surface area contributed by atoms with Gasteiger partial charge in [0.1, 0.15) is 5.82 Å². The Hall–Kier alpha value is -1.49. The summed E-state index contributed by atoms with van der Waals surface area (Å²) < 4.78 is 9.91. The lowest BCUT2D eigenvalue weighted by molar-refractivity contribution is 0.0524. The summed E-state index contributed by atoms with van der Waals surface area (Å²) in [6, 6.07) is 0. The number of aromatic nitrogens is 2. The summed E-state index contributed by atoms with van der Waals surface area (Å²) >= 11 is 0. The van der Waals surface area contributed by atoms with Gasteiger partial charge < -0.3 is 9.47 Å². The Kier molecular flexibility index (Phi) is 5.56. The van der Waals surface area contributed by atoms with E-state index in [0.29, 0.717) is 37.4 Å². The van der Waals surface area contributed by atoms with Gasteiger partial charge in [0.05, 0.1) is 24.5 Å². The number of carbonyl (C=O) groups is 1. The zero-order valence-electron chi connectivity index (χ0n) is 10.5. The normalized spacial score (nSPS) is 10.3. The van der Waals surface area contributed by atoms with Crippen molar-refractivity contribution in [2.24, 2.45) is 0 Å². The van der Waals surface area contributed by atoms with Crippen molar-refractivity contribution >= 4 is 5.97 Å². The quantitative estimate of drug-likeness (QED) is 0.701. The van der Waals surface area contributed by atoms with E-state index in [2.05, 4.69) is 9.97 Å². The second-order valence-corrected chi connectivity index (χ2v) is 3.46. The van der Waals surface area contributed by atoms with Crippen LogP contribution in [0.25, 0.3) is 0 Å². The molecule has 0 aromatic carbocycles. The van der Waals surface area contributed by atoms with E-state index in [-0.39, 0.29) is 5.97 Å². The predicted molar refractivity (Wildman–Crippen MR) is 62.9 cm³/mol. The van der Waals surface area contributed by atoms with Crippen molar-refractivity contribution < 1.29 is 14.3 Å². The van der Waals surface area contributed by atoms with Crippen LogP contribution in [0.3, 0.4) is 0 Å². The second kappa shape index (κ2) is 6.96. The summed E-state index contributed by atoms with van der Waals surface area (Å²) in [4.78, 5) is 20.1. The minimum atomic E-state index is -0.359. The van der Waals surface area contributed by atoms with Crippen LogP contribution in [0.2, 0.25) is 0 Å². The molecule has 0 unspecified atom stereocenters. The number of rotatable bonds is 6. The minimum Gasteiger partial charge on any atom is -0.462 e. The summed E-state index contributed by atoms with van der Waals surface area (Å²) in [5.74, 6) is 0.333. The number of nitrogens with zero attached hydrogens (tertiary/aromatic N) is 2. The van der Waals surface area contributed by atoms with E-state index in [9.17, 15) is 4.79 Å². The number of aryl methyl sites for hydroxylation is 1. The molecule has 5 nitrogen and oxygen atoms in total. The number of methoxy groups -OCH3 is 1. The molecule has 0 fully saturated rings. The fourth-order valence-corrected chi connectivity index (χ4v) is 1.42. The molecular formula is C12H18N2O3. The van der Waals surface area contributed by atoms with Crippen LogP contribution in [0.1, 0.15) is 35.7 Å². The van der Waals surface area contributed by atoms with Crippen molar-refractivity contribution in [2.75, 3.05) is 20.3 Å². The van der Waals surface area contributed by atoms with E-state index in [1.165, 1.54) is 6.20 Å². The number of hydrogen-bond donors (Lipinski definition) is 0. The fraction of sp³-hybridized carbons (Fsp3) is 0.583. The topological polar surface area (TPSA) is 61.3 Å². The maximum atomic E-state index is 11.6. The first-order valence-corrected chi connectivity index (χ1v) is 5.73. The first-order valence-electron chi connectivity index (χ1n) is 5.73. The molecule has 0 bridgehead atoms. The van der Waals surface area contributed by atoms with Gasteiger partial charge in [-0.25, -0.2) is 14.8 Å². The lowest BCUT2D eigenvalue weighted by atomic mass is 10.2. The minimum absolute atomic E-state index is 0.355. The first kappa shape index (κ1) is 13.6. The third-order valence-electron chi connectivity index (χ3n) is 2.28. The molecule has 0 aliphatic heterocycles.